The van der Waals surface area contributed by atoms with E-state index in [1.165, 1.54) is 19.3 Å². The van der Waals surface area contributed by atoms with E-state index in [1.54, 1.807) is 0 Å². The fourth-order valence-corrected chi connectivity index (χ4v) is 2.06. The van der Waals surface area contributed by atoms with E-state index in [2.05, 4.69) is 6.92 Å². The van der Waals surface area contributed by atoms with Crippen LogP contribution in [0, 0.1) is 5.92 Å². The standard InChI is InChI=1S/C12H24O2/c1-4-12(3,14-5-2)11(13)9-10-7-6-8-10/h10-11,13H,4-9H2,1-3H3. The molecule has 0 aromatic rings. The van der Waals surface area contributed by atoms with Gasteiger partial charge in [0, 0.05) is 6.61 Å². The van der Waals surface area contributed by atoms with Crippen LogP contribution in [-0.2, 0) is 4.74 Å². The van der Waals surface area contributed by atoms with Crippen molar-refractivity contribution in [1.29, 1.82) is 0 Å². The lowest BCUT2D eigenvalue weighted by Crippen LogP contribution is -2.43. The van der Waals surface area contributed by atoms with Crippen LogP contribution in [0.15, 0.2) is 0 Å². The summed E-state index contributed by atoms with van der Waals surface area (Å²) in [5.41, 5.74) is -0.329. The normalized spacial score (nSPS) is 24.0. The van der Waals surface area contributed by atoms with Crippen LogP contribution in [0.1, 0.15) is 52.9 Å². The first kappa shape index (κ1) is 12.0. The van der Waals surface area contributed by atoms with E-state index in [0.29, 0.717) is 6.61 Å². The summed E-state index contributed by atoms with van der Waals surface area (Å²) in [6.07, 6.45) is 5.44. The number of rotatable bonds is 6. The molecule has 0 radical (unpaired) electrons. The molecule has 0 aliphatic heterocycles. The minimum atomic E-state index is -0.329. The predicted molar refractivity (Wildman–Crippen MR) is 58.3 cm³/mol. The molecule has 84 valence electrons. The predicted octanol–water partition coefficient (Wildman–Crippen LogP) is 2.74. The fraction of sp³-hybridized carbons (Fsp3) is 1.00. The Balaban J connectivity index is 2.40. The van der Waals surface area contributed by atoms with Gasteiger partial charge in [-0.3, -0.25) is 0 Å². The third-order valence-electron chi connectivity index (χ3n) is 3.66. The third-order valence-corrected chi connectivity index (χ3v) is 3.66. The molecule has 2 nitrogen and oxygen atoms in total. The summed E-state index contributed by atoms with van der Waals surface area (Å²) in [7, 11) is 0. The maximum Gasteiger partial charge on any atom is 0.0909 e. The second kappa shape index (κ2) is 5.13. The molecule has 2 unspecified atom stereocenters. The van der Waals surface area contributed by atoms with Crippen LogP contribution in [0.5, 0.6) is 0 Å². The highest BCUT2D eigenvalue weighted by Crippen LogP contribution is 2.34. The highest BCUT2D eigenvalue weighted by molar-refractivity contribution is 4.86. The van der Waals surface area contributed by atoms with E-state index in [0.717, 1.165) is 18.8 Å². The maximum atomic E-state index is 10.1. The molecule has 14 heavy (non-hydrogen) atoms. The van der Waals surface area contributed by atoms with Crippen molar-refractivity contribution >= 4 is 0 Å². The van der Waals surface area contributed by atoms with Gasteiger partial charge in [-0.1, -0.05) is 26.2 Å². The van der Waals surface area contributed by atoms with Gasteiger partial charge in [0.15, 0.2) is 0 Å². The number of ether oxygens (including phenoxy) is 1. The van der Waals surface area contributed by atoms with E-state index in [4.69, 9.17) is 4.74 Å². The average Bonchev–Trinajstić information content (AvgIpc) is 2.11. The van der Waals surface area contributed by atoms with Crippen molar-refractivity contribution in [1.82, 2.24) is 0 Å². The van der Waals surface area contributed by atoms with Crippen LogP contribution in [-0.4, -0.2) is 23.4 Å². The van der Waals surface area contributed by atoms with E-state index < -0.39 is 0 Å². The fourth-order valence-electron chi connectivity index (χ4n) is 2.06. The van der Waals surface area contributed by atoms with Gasteiger partial charge in [-0.2, -0.15) is 0 Å². The molecule has 2 heteroatoms. The van der Waals surface area contributed by atoms with Gasteiger partial charge < -0.3 is 9.84 Å². The van der Waals surface area contributed by atoms with Gasteiger partial charge in [-0.15, -0.1) is 0 Å². The molecule has 0 bridgehead atoms. The van der Waals surface area contributed by atoms with Crippen LogP contribution in [0.2, 0.25) is 0 Å². The lowest BCUT2D eigenvalue weighted by atomic mass is 9.78. The van der Waals surface area contributed by atoms with Gasteiger partial charge in [0.1, 0.15) is 0 Å². The average molecular weight is 200 g/mol. The van der Waals surface area contributed by atoms with Crippen LogP contribution in [0.25, 0.3) is 0 Å². The summed E-state index contributed by atoms with van der Waals surface area (Å²) in [5, 5.41) is 10.1. The molecule has 0 aromatic heterocycles. The van der Waals surface area contributed by atoms with Crippen molar-refractivity contribution in [3.8, 4) is 0 Å². The molecule has 0 spiro atoms. The molecule has 1 N–H and O–H groups in total. The first-order valence-electron chi connectivity index (χ1n) is 5.94. The van der Waals surface area contributed by atoms with Crippen LogP contribution >= 0.6 is 0 Å². The Morgan fingerprint density at radius 2 is 2.07 bits per heavy atom. The maximum absolute atomic E-state index is 10.1. The molecule has 0 aromatic carbocycles. The minimum Gasteiger partial charge on any atom is -0.390 e. The van der Waals surface area contributed by atoms with Crippen molar-refractivity contribution in [2.45, 2.75) is 64.6 Å². The largest absolute Gasteiger partial charge is 0.390 e. The zero-order valence-corrected chi connectivity index (χ0v) is 9.75. The van der Waals surface area contributed by atoms with Crippen LogP contribution < -0.4 is 0 Å². The summed E-state index contributed by atoms with van der Waals surface area (Å²) >= 11 is 0. The monoisotopic (exact) mass is 200 g/mol. The number of hydrogen-bond donors (Lipinski definition) is 1. The Kier molecular flexibility index (Phi) is 4.39. The smallest absolute Gasteiger partial charge is 0.0909 e. The SMILES string of the molecule is CCOC(C)(CC)C(O)CC1CCC1. The van der Waals surface area contributed by atoms with E-state index in [1.807, 2.05) is 13.8 Å². The molecular formula is C12H24O2. The Bertz CT molecular complexity index is 166. The number of hydrogen-bond acceptors (Lipinski definition) is 2. The molecule has 1 saturated carbocycles. The quantitative estimate of drug-likeness (QED) is 0.714. The van der Waals surface area contributed by atoms with Crippen molar-refractivity contribution in [3.05, 3.63) is 0 Å². The Morgan fingerprint density at radius 1 is 1.43 bits per heavy atom. The summed E-state index contributed by atoms with van der Waals surface area (Å²) < 4.78 is 5.66. The Labute approximate surface area is 87.7 Å². The molecule has 1 fully saturated rings. The van der Waals surface area contributed by atoms with Crippen molar-refractivity contribution in [2.75, 3.05) is 6.61 Å². The van der Waals surface area contributed by atoms with Crippen LogP contribution in [0.4, 0.5) is 0 Å². The lowest BCUT2D eigenvalue weighted by Gasteiger charge is -2.37. The van der Waals surface area contributed by atoms with E-state index >= 15 is 0 Å². The van der Waals surface area contributed by atoms with Crippen molar-refractivity contribution in [3.63, 3.8) is 0 Å². The summed E-state index contributed by atoms with van der Waals surface area (Å²) in [4.78, 5) is 0. The van der Waals surface area contributed by atoms with E-state index in [9.17, 15) is 5.11 Å². The number of aliphatic hydroxyl groups excluding tert-OH is 1. The number of aliphatic hydroxyl groups is 1. The zero-order valence-electron chi connectivity index (χ0n) is 9.75. The van der Waals surface area contributed by atoms with Gasteiger partial charge in [0.2, 0.25) is 0 Å². The molecule has 1 aliphatic carbocycles. The van der Waals surface area contributed by atoms with Crippen LogP contribution in [0.3, 0.4) is 0 Å². The second-order valence-corrected chi connectivity index (χ2v) is 4.65. The zero-order chi connectivity index (χ0) is 10.6. The van der Waals surface area contributed by atoms with Gasteiger partial charge in [-0.05, 0) is 32.6 Å². The Hall–Kier alpha value is -0.0800. The van der Waals surface area contributed by atoms with Gasteiger partial charge in [0.05, 0.1) is 11.7 Å². The third kappa shape index (κ3) is 2.71. The lowest BCUT2D eigenvalue weighted by molar-refractivity contribution is -0.120. The summed E-state index contributed by atoms with van der Waals surface area (Å²) in [6.45, 7) is 6.79. The van der Waals surface area contributed by atoms with Crippen molar-refractivity contribution in [2.24, 2.45) is 5.92 Å². The molecule has 1 rings (SSSR count). The van der Waals surface area contributed by atoms with Gasteiger partial charge >= 0.3 is 0 Å². The Morgan fingerprint density at radius 3 is 2.43 bits per heavy atom. The van der Waals surface area contributed by atoms with Gasteiger partial charge in [-0.25, -0.2) is 0 Å². The highest BCUT2D eigenvalue weighted by atomic mass is 16.5. The summed E-state index contributed by atoms with van der Waals surface area (Å²) in [5.74, 6) is 0.747. The van der Waals surface area contributed by atoms with Gasteiger partial charge in [0.25, 0.3) is 0 Å². The molecular weight excluding hydrogens is 176 g/mol. The molecule has 0 amide bonds. The first-order valence-corrected chi connectivity index (χ1v) is 5.94. The molecule has 0 heterocycles. The summed E-state index contributed by atoms with van der Waals surface area (Å²) in [6, 6.07) is 0. The highest BCUT2D eigenvalue weighted by Gasteiger charge is 2.34. The molecule has 1 aliphatic rings. The first-order chi connectivity index (χ1) is 6.62. The molecule has 0 saturated heterocycles. The topological polar surface area (TPSA) is 29.5 Å². The minimum absolute atomic E-state index is 0.294. The second-order valence-electron chi connectivity index (χ2n) is 4.65. The van der Waals surface area contributed by atoms with E-state index in [-0.39, 0.29) is 11.7 Å². The molecule has 2 atom stereocenters. The van der Waals surface area contributed by atoms with Crippen molar-refractivity contribution < 1.29 is 9.84 Å².